The largest absolute Gasteiger partial charge is 0.494 e. The lowest BCUT2D eigenvalue weighted by Gasteiger charge is -2.11. The van der Waals surface area contributed by atoms with Gasteiger partial charge >= 0.3 is 0 Å². The van der Waals surface area contributed by atoms with E-state index in [2.05, 4.69) is 17.6 Å². The second-order valence-electron chi connectivity index (χ2n) is 5.80. The van der Waals surface area contributed by atoms with Crippen molar-refractivity contribution in [3.8, 4) is 5.75 Å². The Morgan fingerprint density at radius 1 is 1.38 bits per heavy atom. The highest BCUT2D eigenvalue weighted by atomic mass is 16.5. The average Bonchev–Trinajstić information content (AvgIpc) is 3.26. The molecule has 0 unspecified atom stereocenters. The van der Waals surface area contributed by atoms with Crippen LogP contribution in [0.25, 0.3) is 0 Å². The monoisotopic (exact) mass is 290 g/mol. The number of rotatable bonds is 9. The SMILES string of the molecule is CCCCOc1ccc(NC(=O)CNCC2CC2)c(C)c1. The second-order valence-corrected chi connectivity index (χ2v) is 5.80. The van der Waals surface area contributed by atoms with E-state index in [-0.39, 0.29) is 5.91 Å². The molecule has 1 aromatic rings. The number of ether oxygens (including phenoxy) is 1. The molecule has 116 valence electrons. The van der Waals surface area contributed by atoms with E-state index in [1.54, 1.807) is 0 Å². The summed E-state index contributed by atoms with van der Waals surface area (Å²) in [6.07, 6.45) is 4.78. The zero-order valence-electron chi connectivity index (χ0n) is 13.1. The van der Waals surface area contributed by atoms with Crippen molar-refractivity contribution in [1.82, 2.24) is 5.32 Å². The van der Waals surface area contributed by atoms with Gasteiger partial charge in [-0.3, -0.25) is 4.79 Å². The summed E-state index contributed by atoms with van der Waals surface area (Å²) < 4.78 is 5.66. The Morgan fingerprint density at radius 2 is 2.19 bits per heavy atom. The summed E-state index contributed by atoms with van der Waals surface area (Å²) >= 11 is 0. The Kier molecular flexibility index (Phi) is 6.05. The van der Waals surface area contributed by atoms with Crippen molar-refractivity contribution in [3.05, 3.63) is 23.8 Å². The molecule has 2 N–H and O–H groups in total. The summed E-state index contributed by atoms with van der Waals surface area (Å²) in [5.41, 5.74) is 1.88. The quantitative estimate of drug-likeness (QED) is 0.687. The van der Waals surface area contributed by atoms with Crippen molar-refractivity contribution in [1.29, 1.82) is 0 Å². The summed E-state index contributed by atoms with van der Waals surface area (Å²) in [6, 6.07) is 5.80. The first-order valence-corrected chi connectivity index (χ1v) is 7.93. The van der Waals surface area contributed by atoms with E-state index in [4.69, 9.17) is 4.74 Å². The molecule has 0 atom stereocenters. The first kappa shape index (κ1) is 15.8. The minimum atomic E-state index is 0.0124. The average molecular weight is 290 g/mol. The number of unbranched alkanes of at least 4 members (excludes halogenated alkanes) is 1. The molecule has 1 aliphatic rings. The number of amides is 1. The molecule has 1 aromatic carbocycles. The van der Waals surface area contributed by atoms with Crippen LogP contribution in [-0.2, 0) is 4.79 Å². The van der Waals surface area contributed by atoms with Crippen LogP contribution in [0, 0.1) is 12.8 Å². The predicted octanol–water partition coefficient (Wildman–Crippen LogP) is 3.11. The molecule has 0 saturated heterocycles. The topological polar surface area (TPSA) is 50.4 Å². The van der Waals surface area contributed by atoms with Gasteiger partial charge in [-0.1, -0.05) is 13.3 Å². The van der Waals surface area contributed by atoms with E-state index in [0.29, 0.717) is 6.54 Å². The van der Waals surface area contributed by atoms with Gasteiger partial charge in [0.1, 0.15) is 5.75 Å². The molecule has 0 aliphatic heterocycles. The van der Waals surface area contributed by atoms with Gasteiger partial charge in [0.25, 0.3) is 0 Å². The van der Waals surface area contributed by atoms with Crippen LogP contribution in [-0.4, -0.2) is 25.6 Å². The molecule has 1 amide bonds. The van der Waals surface area contributed by atoms with Crippen LogP contribution >= 0.6 is 0 Å². The molecule has 21 heavy (non-hydrogen) atoms. The second kappa shape index (κ2) is 8.03. The summed E-state index contributed by atoms with van der Waals surface area (Å²) in [6.45, 7) is 6.21. The molecule has 1 fully saturated rings. The maximum Gasteiger partial charge on any atom is 0.238 e. The van der Waals surface area contributed by atoms with Gasteiger partial charge in [-0.25, -0.2) is 0 Å². The molecular formula is C17H26N2O2. The Bertz CT molecular complexity index is 470. The fraction of sp³-hybridized carbons (Fsp3) is 0.588. The fourth-order valence-corrected chi connectivity index (χ4v) is 2.11. The fourth-order valence-electron chi connectivity index (χ4n) is 2.11. The van der Waals surface area contributed by atoms with E-state index in [9.17, 15) is 4.79 Å². The number of hydrogen-bond acceptors (Lipinski definition) is 3. The first-order chi connectivity index (χ1) is 10.2. The van der Waals surface area contributed by atoms with Crippen molar-refractivity contribution in [2.45, 2.75) is 39.5 Å². The third-order valence-corrected chi connectivity index (χ3v) is 3.65. The van der Waals surface area contributed by atoms with Crippen molar-refractivity contribution in [3.63, 3.8) is 0 Å². The maximum absolute atomic E-state index is 11.9. The smallest absolute Gasteiger partial charge is 0.238 e. The van der Waals surface area contributed by atoms with E-state index >= 15 is 0 Å². The lowest BCUT2D eigenvalue weighted by atomic mass is 10.2. The molecule has 0 radical (unpaired) electrons. The molecule has 0 bridgehead atoms. The number of nitrogens with one attached hydrogen (secondary N) is 2. The van der Waals surface area contributed by atoms with Gasteiger partial charge in [0.2, 0.25) is 5.91 Å². The lowest BCUT2D eigenvalue weighted by molar-refractivity contribution is -0.115. The van der Waals surface area contributed by atoms with Crippen LogP contribution in [0.5, 0.6) is 5.75 Å². The maximum atomic E-state index is 11.9. The summed E-state index contributed by atoms with van der Waals surface area (Å²) in [5.74, 6) is 1.67. The number of hydrogen-bond donors (Lipinski definition) is 2. The molecule has 1 aliphatic carbocycles. The number of carbonyl (C=O) groups is 1. The van der Waals surface area contributed by atoms with Crippen LogP contribution in [0.2, 0.25) is 0 Å². The van der Waals surface area contributed by atoms with Gasteiger partial charge in [0.05, 0.1) is 13.2 Å². The van der Waals surface area contributed by atoms with Crippen LogP contribution < -0.4 is 15.4 Å². The molecule has 1 saturated carbocycles. The summed E-state index contributed by atoms with van der Waals surface area (Å²) in [4.78, 5) is 11.9. The lowest BCUT2D eigenvalue weighted by Crippen LogP contribution is -2.29. The van der Waals surface area contributed by atoms with Gasteiger partial charge in [0, 0.05) is 5.69 Å². The number of benzene rings is 1. The number of anilines is 1. The standard InChI is InChI=1S/C17H26N2O2/c1-3-4-9-21-15-7-8-16(13(2)10-15)19-17(20)12-18-11-14-5-6-14/h7-8,10,14,18H,3-6,9,11-12H2,1-2H3,(H,19,20). The third kappa shape index (κ3) is 5.76. The minimum Gasteiger partial charge on any atom is -0.494 e. The highest BCUT2D eigenvalue weighted by Gasteiger charge is 2.20. The van der Waals surface area contributed by atoms with E-state index < -0.39 is 0 Å². The van der Waals surface area contributed by atoms with Gasteiger partial charge in [-0.2, -0.15) is 0 Å². The molecular weight excluding hydrogens is 264 g/mol. The van der Waals surface area contributed by atoms with Crippen LogP contribution in [0.4, 0.5) is 5.69 Å². The van der Waals surface area contributed by atoms with Crippen molar-refractivity contribution >= 4 is 11.6 Å². The number of carbonyl (C=O) groups excluding carboxylic acids is 1. The Morgan fingerprint density at radius 3 is 2.86 bits per heavy atom. The molecule has 4 heteroatoms. The number of aryl methyl sites for hydroxylation is 1. The van der Waals surface area contributed by atoms with Gasteiger partial charge < -0.3 is 15.4 Å². The predicted molar refractivity (Wildman–Crippen MR) is 85.8 cm³/mol. The van der Waals surface area contributed by atoms with Gasteiger partial charge in [-0.05, 0) is 62.4 Å². The van der Waals surface area contributed by atoms with Crippen molar-refractivity contribution < 1.29 is 9.53 Å². The zero-order valence-corrected chi connectivity index (χ0v) is 13.1. The zero-order chi connectivity index (χ0) is 15.1. The third-order valence-electron chi connectivity index (χ3n) is 3.65. The van der Waals surface area contributed by atoms with E-state index in [1.165, 1.54) is 12.8 Å². The Labute approximate surface area is 127 Å². The van der Waals surface area contributed by atoms with Crippen molar-refractivity contribution in [2.75, 3.05) is 25.0 Å². The van der Waals surface area contributed by atoms with Gasteiger partial charge in [-0.15, -0.1) is 0 Å². The van der Waals surface area contributed by atoms with E-state index in [0.717, 1.165) is 48.9 Å². The van der Waals surface area contributed by atoms with Crippen LogP contribution in [0.15, 0.2) is 18.2 Å². The molecule has 0 aromatic heterocycles. The molecule has 2 rings (SSSR count). The van der Waals surface area contributed by atoms with Crippen LogP contribution in [0.3, 0.4) is 0 Å². The molecule has 0 heterocycles. The molecule has 0 spiro atoms. The van der Waals surface area contributed by atoms with Gasteiger partial charge in [0.15, 0.2) is 0 Å². The Hall–Kier alpha value is -1.55. The normalized spacial score (nSPS) is 14.0. The summed E-state index contributed by atoms with van der Waals surface area (Å²) in [7, 11) is 0. The highest BCUT2D eigenvalue weighted by molar-refractivity contribution is 5.93. The first-order valence-electron chi connectivity index (χ1n) is 7.93. The summed E-state index contributed by atoms with van der Waals surface area (Å²) in [5, 5.41) is 6.14. The van der Waals surface area contributed by atoms with E-state index in [1.807, 2.05) is 25.1 Å². The molecule has 4 nitrogen and oxygen atoms in total. The van der Waals surface area contributed by atoms with Crippen molar-refractivity contribution in [2.24, 2.45) is 5.92 Å². The highest BCUT2D eigenvalue weighted by Crippen LogP contribution is 2.27. The van der Waals surface area contributed by atoms with Crippen LogP contribution in [0.1, 0.15) is 38.2 Å². The Balaban J connectivity index is 1.77. The minimum absolute atomic E-state index is 0.0124.